The van der Waals surface area contributed by atoms with Gasteiger partial charge < -0.3 is 0 Å². The van der Waals surface area contributed by atoms with Crippen LogP contribution in [0.25, 0.3) is 0 Å². The van der Waals surface area contributed by atoms with E-state index in [4.69, 9.17) is 0 Å². The van der Waals surface area contributed by atoms with Gasteiger partial charge in [0.1, 0.15) is 0 Å². The van der Waals surface area contributed by atoms with Crippen LogP contribution in [-0.4, -0.2) is 37.8 Å². The molecule has 0 atom stereocenters. The zero-order chi connectivity index (χ0) is 6.57. The first-order valence-electron chi connectivity index (χ1n) is 2.84. The number of hydrogen-bond acceptors (Lipinski definition) is 3. The lowest BCUT2D eigenvalue weighted by Gasteiger charge is -2.25. The monoisotopic (exact) mass is 117 g/mol. The summed E-state index contributed by atoms with van der Waals surface area (Å²) < 4.78 is 0. The maximum absolute atomic E-state index is 2.97. The van der Waals surface area contributed by atoms with E-state index in [9.17, 15) is 0 Å². The molecule has 0 unspecified atom stereocenters. The van der Waals surface area contributed by atoms with Crippen molar-refractivity contribution in [3.8, 4) is 0 Å². The normalized spacial score (nSPS) is 11.2. The van der Waals surface area contributed by atoms with E-state index in [0.29, 0.717) is 0 Å². The minimum atomic E-state index is 1.03. The highest BCUT2D eigenvalue weighted by Gasteiger charge is 1.96. The summed E-state index contributed by atoms with van der Waals surface area (Å²) in [4.78, 5) is 0. The average molecular weight is 117 g/mol. The molecular weight excluding hydrogens is 102 g/mol. The maximum atomic E-state index is 2.97. The Bertz CT molecular complexity index is 47.6. The lowest BCUT2D eigenvalue weighted by molar-refractivity contribution is -0.00958. The van der Waals surface area contributed by atoms with Crippen molar-refractivity contribution in [2.45, 2.75) is 6.92 Å². The van der Waals surface area contributed by atoms with Gasteiger partial charge in [0.25, 0.3) is 0 Å². The molecule has 0 radical (unpaired) electrons. The molecule has 0 rings (SSSR count). The summed E-state index contributed by atoms with van der Waals surface area (Å²) >= 11 is 0. The predicted octanol–water partition coefficient (Wildman–Crippen LogP) is -0.0807. The van der Waals surface area contributed by atoms with Crippen LogP contribution in [0.3, 0.4) is 0 Å². The van der Waals surface area contributed by atoms with Crippen LogP contribution in [0, 0.1) is 0 Å². The Morgan fingerprint density at radius 1 is 1.38 bits per heavy atom. The standard InChI is InChI=1S/C5H15N3/c1-5-7(3)8(4)6-2/h6H,5H2,1-4H3. The van der Waals surface area contributed by atoms with Gasteiger partial charge in [-0.1, -0.05) is 6.92 Å². The van der Waals surface area contributed by atoms with Crippen LogP contribution in [0.1, 0.15) is 6.92 Å². The summed E-state index contributed by atoms with van der Waals surface area (Å²) in [5, 5.41) is 4.00. The quantitative estimate of drug-likeness (QED) is 0.522. The molecule has 3 heteroatoms. The van der Waals surface area contributed by atoms with Gasteiger partial charge in [0.05, 0.1) is 0 Å². The molecular formula is C5H15N3. The van der Waals surface area contributed by atoms with Gasteiger partial charge in [-0.2, -0.15) is 5.12 Å². The molecule has 0 aliphatic rings. The van der Waals surface area contributed by atoms with Crippen LogP contribution in [0.15, 0.2) is 0 Å². The van der Waals surface area contributed by atoms with Crippen LogP contribution in [-0.2, 0) is 0 Å². The largest absolute Gasteiger partial charge is 0.245 e. The Kier molecular flexibility index (Phi) is 3.77. The second kappa shape index (κ2) is 3.83. The number of rotatable bonds is 3. The molecule has 0 aromatic heterocycles. The lowest BCUT2D eigenvalue weighted by Crippen LogP contribution is -2.43. The molecule has 0 aliphatic heterocycles. The number of nitrogens with zero attached hydrogens (tertiary/aromatic N) is 2. The molecule has 0 aromatic rings. The van der Waals surface area contributed by atoms with Gasteiger partial charge in [0.2, 0.25) is 0 Å². The van der Waals surface area contributed by atoms with Crippen LogP contribution in [0.5, 0.6) is 0 Å². The van der Waals surface area contributed by atoms with E-state index in [0.717, 1.165) is 6.54 Å². The van der Waals surface area contributed by atoms with E-state index in [2.05, 4.69) is 17.4 Å². The fourth-order valence-corrected chi connectivity index (χ4v) is 0.383. The van der Waals surface area contributed by atoms with Crippen LogP contribution in [0.4, 0.5) is 0 Å². The molecule has 0 amide bonds. The highest BCUT2D eigenvalue weighted by atomic mass is 15.8. The molecule has 0 saturated carbocycles. The van der Waals surface area contributed by atoms with Crippen molar-refractivity contribution < 1.29 is 0 Å². The van der Waals surface area contributed by atoms with Gasteiger partial charge in [-0.05, 0) is 0 Å². The summed E-state index contributed by atoms with van der Waals surface area (Å²) in [6.07, 6.45) is 0. The van der Waals surface area contributed by atoms with E-state index in [1.807, 2.05) is 26.3 Å². The predicted molar refractivity (Wildman–Crippen MR) is 35.1 cm³/mol. The summed E-state index contributed by atoms with van der Waals surface area (Å²) in [7, 11) is 5.90. The van der Waals surface area contributed by atoms with Crippen LogP contribution < -0.4 is 5.43 Å². The van der Waals surface area contributed by atoms with Crippen molar-refractivity contribution in [3.63, 3.8) is 0 Å². The van der Waals surface area contributed by atoms with E-state index >= 15 is 0 Å². The number of hydrazine groups is 2. The van der Waals surface area contributed by atoms with Crippen LogP contribution >= 0.6 is 0 Å². The fourth-order valence-electron chi connectivity index (χ4n) is 0.383. The van der Waals surface area contributed by atoms with E-state index < -0.39 is 0 Å². The number of hydrogen-bond donors (Lipinski definition) is 1. The molecule has 50 valence electrons. The molecule has 0 saturated heterocycles. The van der Waals surface area contributed by atoms with Gasteiger partial charge in [-0.15, -0.1) is 0 Å². The van der Waals surface area contributed by atoms with Gasteiger partial charge >= 0.3 is 0 Å². The SMILES string of the molecule is CCN(C)N(C)NC. The highest BCUT2D eigenvalue weighted by Crippen LogP contribution is 1.80. The fraction of sp³-hybridized carbons (Fsp3) is 1.00. The van der Waals surface area contributed by atoms with Crippen molar-refractivity contribution in [2.75, 3.05) is 27.7 Å². The minimum Gasteiger partial charge on any atom is -0.245 e. The summed E-state index contributed by atoms with van der Waals surface area (Å²) in [5.74, 6) is 0. The van der Waals surface area contributed by atoms with E-state index in [1.54, 1.807) is 0 Å². The highest BCUT2D eigenvalue weighted by molar-refractivity contribution is 4.32. The molecule has 0 bridgehead atoms. The van der Waals surface area contributed by atoms with Gasteiger partial charge in [-0.25, -0.2) is 10.4 Å². The molecule has 1 N–H and O–H groups in total. The van der Waals surface area contributed by atoms with Crippen molar-refractivity contribution in [2.24, 2.45) is 0 Å². The lowest BCUT2D eigenvalue weighted by atomic mass is 10.7. The van der Waals surface area contributed by atoms with E-state index in [-0.39, 0.29) is 0 Å². The maximum Gasteiger partial charge on any atom is 0.0176 e. The second-order valence-corrected chi connectivity index (χ2v) is 1.72. The zero-order valence-corrected chi connectivity index (χ0v) is 6.10. The number of nitrogens with one attached hydrogen (secondary N) is 1. The first-order chi connectivity index (χ1) is 3.72. The van der Waals surface area contributed by atoms with Gasteiger partial charge in [-0.3, -0.25) is 0 Å². The Labute approximate surface area is 51.2 Å². The topological polar surface area (TPSA) is 18.5 Å². The van der Waals surface area contributed by atoms with Crippen molar-refractivity contribution in [1.82, 2.24) is 15.6 Å². The summed E-state index contributed by atoms with van der Waals surface area (Å²) in [6, 6.07) is 0. The molecule has 0 aliphatic carbocycles. The third-order valence-corrected chi connectivity index (χ3v) is 1.29. The summed E-state index contributed by atoms with van der Waals surface area (Å²) in [5.41, 5.74) is 2.97. The molecule has 0 heterocycles. The molecule has 0 spiro atoms. The minimum absolute atomic E-state index is 1.03. The molecule has 0 fully saturated rings. The van der Waals surface area contributed by atoms with Crippen molar-refractivity contribution in [1.29, 1.82) is 0 Å². The Balaban J connectivity index is 3.29. The van der Waals surface area contributed by atoms with Crippen LogP contribution in [0.2, 0.25) is 0 Å². The Hall–Kier alpha value is -0.120. The second-order valence-electron chi connectivity index (χ2n) is 1.72. The van der Waals surface area contributed by atoms with Gasteiger partial charge in [0.15, 0.2) is 0 Å². The summed E-state index contributed by atoms with van der Waals surface area (Å²) in [6.45, 7) is 3.13. The first kappa shape index (κ1) is 7.88. The van der Waals surface area contributed by atoms with Gasteiger partial charge in [0, 0.05) is 27.7 Å². The Morgan fingerprint density at radius 2 is 1.88 bits per heavy atom. The van der Waals surface area contributed by atoms with E-state index in [1.165, 1.54) is 0 Å². The first-order valence-corrected chi connectivity index (χ1v) is 2.84. The Morgan fingerprint density at radius 3 is 2.00 bits per heavy atom. The zero-order valence-electron chi connectivity index (χ0n) is 6.10. The molecule has 0 aromatic carbocycles. The third-order valence-electron chi connectivity index (χ3n) is 1.29. The smallest absolute Gasteiger partial charge is 0.0176 e. The molecule has 8 heavy (non-hydrogen) atoms. The average Bonchev–Trinajstić information content (AvgIpc) is 1.84. The van der Waals surface area contributed by atoms with Crippen molar-refractivity contribution in [3.05, 3.63) is 0 Å². The third kappa shape index (κ3) is 2.26. The van der Waals surface area contributed by atoms with Crippen molar-refractivity contribution >= 4 is 0 Å². The molecule has 3 nitrogen and oxygen atoms in total.